The Balaban J connectivity index is 2.01. The van der Waals surface area contributed by atoms with Crippen molar-refractivity contribution < 1.29 is 4.74 Å². The molecule has 3 nitrogen and oxygen atoms in total. The minimum absolute atomic E-state index is 0.707. The number of ether oxygens (including phenoxy) is 1. The van der Waals surface area contributed by atoms with Crippen molar-refractivity contribution in [3.05, 3.63) is 41.7 Å². The van der Waals surface area contributed by atoms with Crippen LogP contribution in [0.4, 0.5) is 0 Å². The molecule has 0 amide bonds. The molecular formula is C14H16N2O. The minimum Gasteiger partial charge on any atom is -0.497 e. The topological polar surface area (TPSA) is 27.1 Å². The van der Waals surface area contributed by atoms with Gasteiger partial charge in [-0.25, -0.2) is 4.68 Å². The maximum Gasteiger partial charge on any atom is 0.119 e. The highest BCUT2D eigenvalue weighted by Gasteiger charge is 2.28. The molecule has 3 rings (SSSR count). The Morgan fingerprint density at radius 2 is 1.94 bits per heavy atom. The Morgan fingerprint density at radius 3 is 2.53 bits per heavy atom. The average Bonchev–Trinajstić information content (AvgIpc) is 3.13. The minimum atomic E-state index is 0.707. The molecule has 1 heterocycles. The van der Waals surface area contributed by atoms with E-state index in [0.29, 0.717) is 5.92 Å². The van der Waals surface area contributed by atoms with Crippen LogP contribution in [-0.2, 0) is 0 Å². The van der Waals surface area contributed by atoms with Gasteiger partial charge in [-0.15, -0.1) is 0 Å². The van der Waals surface area contributed by atoms with Crippen LogP contribution in [0, 0.1) is 6.92 Å². The van der Waals surface area contributed by atoms with Crippen LogP contribution in [0.3, 0.4) is 0 Å². The van der Waals surface area contributed by atoms with Crippen molar-refractivity contribution in [2.45, 2.75) is 25.7 Å². The van der Waals surface area contributed by atoms with Gasteiger partial charge in [0.15, 0.2) is 0 Å². The van der Waals surface area contributed by atoms with E-state index >= 15 is 0 Å². The molecule has 0 bridgehead atoms. The van der Waals surface area contributed by atoms with Crippen LogP contribution < -0.4 is 4.74 Å². The fourth-order valence-corrected chi connectivity index (χ4v) is 2.12. The molecule has 0 aliphatic heterocycles. The van der Waals surface area contributed by atoms with Gasteiger partial charge in [-0.2, -0.15) is 5.10 Å². The lowest BCUT2D eigenvalue weighted by atomic mass is 10.2. The van der Waals surface area contributed by atoms with Crippen LogP contribution in [0.2, 0.25) is 0 Å². The van der Waals surface area contributed by atoms with Gasteiger partial charge in [-0.1, -0.05) is 0 Å². The second kappa shape index (κ2) is 3.91. The highest BCUT2D eigenvalue weighted by Crippen LogP contribution is 2.41. The number of methoxy groups -OCH3 is 1. The molecule has 0 unspecified atom stereocenters. The molecule has 1 fully saturated rings. The summed E-state index contributed by atoms with van der Waals surface area (Å²) in [7, 11) is 1.68. The van der Waals surface area contributed by atoms with E-state index < -0.39 is 0 Å². The molecule has 0 N–H and O–H groups in total. The zero-order chi connectivity index (χ0) is 11.8. The van der Waals surface area contributed by atoms with Gasteiger partial charge in [0, 0.05) is 11.6 Å². The van der Waals surface area contributed by atoms with Crippen LogP contribution in [0.5, 0.6) is 5.75 Å². The first kappa shape index (κ1) is 10.4. The molecule has 1 aliphatic rings. The number of rotatable bonds is 3. The first-order valence-electron chi connectivity index (χ1n) is 5.99. The first-order valence-corrected chi connectivity index (χ1v) is 5.99. The first-order chi connectivity index (χ1) is 8.28. The molecule has 0 saturated heterocycles. The number of benzene rings is 1. The van der Waals surface area contributed by atoms with Crippen LogP contribution in [0.1, 0.15) is 30.1 Å². The lowest BCUT2D eigenvalue weighted by Gasteiger charge is -2.07. The van der Waals surface area contributed by atoms with Gasteiger partial charge in [0.05, 0.1) is 18.5 Å². The molecule has 17 heavy (non-hydrogen) atoms. The predicted octanol–water partition coefficient (Wildman–Crippen LogP) is 3.07. The molecule has 0 atom stereocenters. The highest BCUT2D eigenvalue weighted by atomic mass is 16.5. The summed E-state index contributed by atoms with van der Waals surface area (Å²) >= 11 is 0. The number of hydrogen-bond donors (Lipinski definition) is 0. The third kappa shape index (κ3) is 1.93. The van der Waals surface area contributed by atoms with Gasteiger partial charge < -0.3 is 4.74 Å². The highest BCUT2D eigenvalue weighted by molar-refractivity contribution is 5.39. The van der Waals surface area contributed by atoms with E-state index in [1.807, 2.05) is 19.1 Å². The lowest BCUT2D eigenvalue weighted by molar-refractivity contribution is 0.414. The van der Waals surface area contributed by atoms with Crippen LogP contribution in [0.15, 0.2) is 30.3 Å². The number of aromatic nitrogens is 2. The Bertz CT molecular complexity index is 524. The van der Waals surface area contributed by atoms with E-state index in [0.717, 1.165) is 17.1 Å². The predicted molar refractivity (Wildman–Crippen MR) is 66.8 cm³/mol. The van der Waals surface area contributed by atoms with E-state index in [1.165, 1.54) is 18.5 Å². The Labute approximate surface area is 101 Å². The normalized spacial score (nSPS) is 14.9. The van der Waals surface area contributed by atoms with Gasteiger partial charge in [-0.3, -0.25) is 0 Å². The van der Waals surface area contributed by atoms with Crippen molar-refractivity contribution >= 4 is 0 Å². The van der Waals surface area contributed by atoms with Gasteiger partial charge in [0.1, 0.15) is 5.75 Å². The Morgan fingerprint density at radius 1 is 1.24 bits per heavy atom. The summed E-state index contributed by atoms with van der Waals surface area (Å²) in [6, 6.07) is 10.3. The smallest absolute Gasteiger partial charge is 0.119 e. The van der Waals surface area contributed by atoms with E-state index in [9.17, 15) is 0 Å². The lowest BCUT2D eigenvalue weighted by Crippen LogP contribution is -2.01. The van der Waals surface area contributed by atoms with E-state index in [2.05, 4.69) is 28.0 Å². The summed E-state index contributed by atoms with van der Waals surface area (Å²) in [5, 5.41) is 4.57. The maximum atomic E-state index is 5.17. The molecule has 3 heteroatoms. The zero-order valence-electron chi connectivity index (χ0n) is 10.2. The average molecular weight is 228 g/mol. The Hall–Kier alpha value is -1.77. The summed E-state index contributed by atoms with van der Waals surface area (Å²) in [6.45, 7) is 2.05. The molecular weight excluding hydrogens is 212 g/mol. The zero-order valence-corrected chi connectivity index (χ0v) is 10.2. The largest absolute Gasteiger partial charge is 0.497 e. The quantitative estimate of drug-likeness (QED) is 0.807. The van der Waals surface area contributed by atoms with Crippen molar-refractivity contribution in [1.29, 1.82) is 0 Å². The van der Waals surface area contributed by atoms with Crippen LogP contribution in [-0.4, -0.2) is 16.9 Å². The fourth-order valence-electron chi connectivity index (χ4n) is 2.12. The number of nitrogens with zero attached hydrogens (tertiary/aromatic N) is 2. The third-order valence-electron chi connectivity index (χ3n) is 3.17. The molecule has 1 aliphatic carbocycles. The molecule has 2 aromatic rings. The summed E-state index contributed by atoms with van der Waals surface area (Å²) in [6.07, 6.45) is 2.59. The second-order valence-electron chi connectivity index (χ2n) is 4.59. The third-order valence-corrected chi connectivity index (χ3v) is 3.17. The number of hydrogen-bond acceptors (Lipinski definition) is 2. The molecule has 1 aromatic carbocycles. The van der Waals surface area contributed by atoms with Gasteiger partial charge in [-0.05, 0) is 50.1 Å². The summed E-state index contributed by atoms with van der Waals surface area (Å²) in [5.41, 5.74) is 3.54. The molecule has 88 valence electrons. The Kier molecular flexibility index (Phi) is 2.39. The summed E-state index contributed by atoms with van der Waals surface area (Å²) in [5.74, 6) is 1.59. The van der Waals surface area contributed by atoms with E-state index in [1.54, 1.807) is 7.11 Å². The van der Waals surface area contributed by atoms with E-state index in [4.69, 9.17) is 4.74 Å². The van der Waals surface area contributed by atoms with Crippen molar-refractivity contribution in [3.8, 4) is 11.4 Å². The van der Waals surface area contributed by atoms with Crippen LogP contribution in [0.25, 0.3) is 5.69 Å². The van der Waals surface area contributed by atoms with Crippen LogP contribution >= 0.6 is 0 Å². The van der Waals surface area contributed by atoms with Crippen molar-refractivity contribution in [2.24, 2.45) is 0 Å². The monoisotopic (exact) mass is 228 g/mol. The second-order valence-corrected chi connectivity index (χ2v) is 4.59. The maximum absolute atomic E-state index is 5.17. The molecule has 1 saturated carbocycles. The van der Waals surface area contributed by atoms with Gasteiger partial charge >= 0.3 is 0 Å². The standard InChI is InChI=1S/C14H16N2O/c1-10-9-14(11-3-4-11)16(15-10)12-5-7-13(17-2)8-6-12/h5-9,11H,3-4H2,1-2H3. The summed E-state index contributed by atoms with van der Waals surface area (Å²) in [4.78, 5) is 0. The molecule has 1 aromatic heterocycles. The SMILES string of the molecule is COc1ccc(-n2nc(C)cc2C2CC2)cc1. The van der Waals surface area contributed by atoms with Crippen molar-refractivity contribution in [3.63, 3.8) is 0 Å². The van der Waals surface area contributed by atoms with E-state index in [-0.39, 0.29) is 0 Å². The number of aryl methyl sites for hydroxylation is 1. The van der Waals surface area contributed by atoms with Gasteiger partial charge in [0.25, 0.3) is 0 Å². The molecule has 0 spiro atoms. The fraction of sp³-hybridized carbons (Fsp3) is 0.357. The molecule has 0 radical (unpaired) electrons. The van der Waals surface area contributed by atoms with Crippen molar-refractivity contribution in [2.75, 3.05) is 7.11 Å². The summed E-state index contributed by atoms with van der Waals surface area (Å²) < 4.78 is 7.23. The van der Waals surface area contributed by atoms with Gasteiger partial charge in [0.2, 0.25) is 0 Å². The van der Waals surface area contributed by atoms with Crippen molar-refractivity contribution in [1.82, 2.24) is 9.78 Å².